The van der Waals surface area contributed by atoms with E-state index in [1.807, 2.05) is 13.8 Å². The number of piperidine rings is 2. The van der Waals surface area contributed by atoms with Gasteiger partial charge in [0.25, 0.3) is 0 Å². The normalized spacial score (nSPS) is 30.9. The molecule has 0 aliphatic carbocycles. The summed E-state index contributed by atoms with van der Waals surface area (Å²) in [5.74, 6) is 1.17. The molecule has 4 amide bonds. The Bertz CT molecular complexity index is 650. The highest BCUT2D eigenvalue weighted by Crippen LogP contribution is 2.35. The molecule has 4 fully saturated rings. The smallest absolute Gasteiger partial charge is 0.247 e. The number of likely N-dealkylation sites (tertiary alicyclic amines) is 4. The minimum atomic E-state index is -0.257. The van der Waals surface area contributed by atoms with E-state index in [2.05, 4.69) is 9.80 Å². The van der Waals surface area contributed by atoms with Gasteiger partial charge >= 0.3 is 0 Å². The number of amides is 4. The van der Waals surface area contributed by atoms with Gasteiger partial charge in [0.15, 0.2) is 0 Å². The molecule has 4 saturated heterocycles. The lowest BCUT2D eigenvalue weighted by Gasteiger charge is -2.42. The highest BCUT2D eigenvalue weighted by atomic mass is 16.2. The molecule has 0 N–H and O–H groups in total. The third-order valence-electron chi connectivity index (χ3n) is 7.77. The molecule has 0 aromatic carbocycles. The number of hydrogen-bond donors (Lipinski definition) is 0. The molecule has 166 valence electrons. The summed E-state index contributed by atoms with van der Waals surface area (Å²) in [7, 11) is 0. The van der Waals surface area contributed by atoms with Crippen LogP contribution in [0.3, 0.4) is 0 Å². The fourth-order valence-electron chi connectivity index (χ4n) is 5.97. The average Bonchev–Trinajstić information content (AvgIpc) is 3.22. The highest BCUT2D eigenvalue weighted by molar-refractivity contribution is 6.06. The maximum Gasteiger partial charge on any atom is 0.247 e. The van der Waals surface area contributed by atoms with Gasteiger partial charge < -0.3 is 0 Å². The molecule has 30 heavy (non-hydrogen) atoms. The van der Waals surface area contributed by atoms with E-state index in [1.54, 1.807) is 0 Å². The van der Waals surface area contributed by atoms with Crippen molar-refractivity contribution >= 4 is 23.6 Å². The maximum absolute atomic E-state index is 12.5. The fraction of sp³-hybridized carbons (Fsp3) is 0.818. The lowest BCUT2D eigenvalue weighted by Crippen LogP contribution is -2.49. The van der Waals surface area contributed by atoms with Crippen molar-refractivity contribution in [3.8, 4) is 0 Å². The van der Waals surface area contributed by atoms with Gasteiger partial charge in [-0.2, -0.15) is 0 Å². The van der Waals surface area contributed by atoms with Gasteiger partial charge in [-0.15, -0.1) is 0 Å². The first-order valence-electron chi connectivity index (χ1n) is 11.6. The molecular weight excluding hydrogens is 384 g/mol. The first-order chi connectivity index (χ1) is 14.4. The number of carbonyl (C=O) groups is 4. The van der Waals surface area contributed by atoms with Gasteiger partial charge in [-0.1, -0.05) is 0 Å². The van der Waals surface area contributed by atoms with Crippen LogP contribution in [0.4, 0.5) is 0 Å². The largest absolute Gasteiger partial charge is 0.292 e. The molecule has 0 spiro atoms. The molecule has 0 aromatic rings. The van der Waals surface area contributed by atoms with E-state index in [9.17, 15) is 19.2 Å². The predicted octanol–water partition coefficient (Wildman–Crippen LogP) is 0.705. The van der Waals surface area contributed by atoms with Crippen molar-refractivity contribution in [1.29, 1.82) is 0 Å². The summed E-state index contributed by atoms with van der Waals surface area (Å²) in [6.07, 6.45) is 4.94. The summed E-state index contributed by atoms with van der Waals surface area (Å²) < 4.78 is 0. The van der Waals surface area contributed by atoms with Gasteiger partial charge in [-0.25, -0.2) is 0 Å². The molecule has 2 atom stereocenters. The SMILES string of the molecule is CCN1C(=O)C[C@@H](N2CCC(C3CCN([C@@H]4CC(=O)N(CC)C4=O)CC3)CC2)C1=O. The monoisotopic (exact) mass is 418 g/mol. The third kappa shape index (κ3) is 3.80. The Morgan fingerprint density at radius 1 is 0.633 bits per heavy atom. The number of likely N-dealkylation sites (N-methyl/N-ethyl adjacent to an activating group) is 2. The van der Waals surface area contributed by atoms with Crippen molar-refractivity contribution in [2.45, 2.75) is 64.5 Å². The third-order valence-corrected chi connectivity index (χ3v) is 7.77. The molecule has 0 radical (unpaired) electrons. The Kier molecular flexibility index (Phi) is 6.25. The van der Waals surface area contributed by atoms with E-state index in [0.29, 0.717) is 37.8 Å². The molecule has 4 heterocycles. The zero-order valence-electron chi connectivity index (χ0n) is 18.2. The minimum absolute atomic E-state index is 0.0221. The van der Waals surface area contributed by atoms with E-state index in [4.69, 9.17) is 0 Å². The maximum atomic E-state index is 12.5. The molecule has 0 unspecified atom stereocenters. The van der Waals surface area contributed by atoms with E-state index in [1.165, 1.54) is 9.80 Å². The summed E-state index contributed by atoms with van der Waals surface area (Å²) >= 11 is 0. The zero-order chi connectivity index (χ0) is 21.4. The Morgan fingerprint density at radius 2 is 0.967 bits per heavy atom. The second kappa shape index (κ2) is 8.75. The summed E-state index contributed by atoms with van der Waals surface area (Å²) in [5.41, 5.74) is 0. The van der Waals surface area contributed by atoms with Crippen molar-refractivity contribution in [2.75, 3.05) is 39.3 Å². The van der Waals surface area contributed by atoms with Gasteiger partial charge in [0.2, 0.25) is 23.6 Å². The van der Waals surface area contributed by atoms with Crippen LogP contribution in [0.5, 0.6) is 0 Å². The van der Waals surface area contributed by atoms with Crippen LogP contribution in [0.1, 0.15) is 52.4 Å². The molecule has 0 bridgehead atoms. The van der Waals surface area contributed by atoms with Crippen molar-refractivity contribution < 1.29 is 19.2 Å². The van der Waals surface area contributed by atoms with Crippen LogP contribution < -0.4 is 0 Å². The topological polar surface area (TPSA) is 81.2 Å². The Morgan fingerprint density at radius 3 is 1.23 bits per heavy atom. The second-order valence-corrected chi connectivity index (χ2v) is 9.14. The number of hydrogen-bond acceptors (Lipinski definition) is 6. The van der Waals surface area contributed by atoms with Crippen LogP contribution in [-0.4, -0.2) is 94.6 Å². The van der Waals surface area contributed by atoms with E-state index < -0.39 is 0 Å². The van der Waals surface area contributed by atoms with Gasteiger partial charge in [0.05, 0.1) is 24.9 Å². The van der Waals surface area contributed by atoms with E-state index >= 15 is 0 Å². The number of rotatable bonds is 5. The number of nitrogens with zero attached hydrogens (tertiary/aromatic N) is 4. The van der Waals surface area contributed by atoms with Gasteiger partial charge in [-0.05, 0) is 77.5 Å². The molecule has 4 aliphatic heterocycles. The minimum Gasteiger partial charge on any atom is -0.292 e. The lowest BCUT2D eigenvalue weighted by molar-refractivity contribution is -0.141. The van der Waals surface area contributed by atoms with Crippen molar-refractivity contribution in [2.24, 2.45) is 11.8 Å². The molecule has 0 aromatic heterocycles. The standard InChI is InChI=1S/C22H34N4O4/c1-3-25-19(27)13-17(21(25)29)23-9-5-15(6-10-23)16-7-11-24(12-8-16)18-14-20(28)26(4-2)22(18)30/h15-18H,3-14H2,1-2H3/t17-,18-/m1/s1. The lowest BCUT2D eigenvalue weighted by atomic mass is 9.78. The van der Waals surface area contributed by atoms with Crippen LogP contribution in [0, 0.1) is 11.8 Å². The average molecular weight is 419 g/mol. The Hall–Kier alpha value is -1.80. The summed E-state index contributed by atoms with van der Waals surface area (Å²) in [5, 5.41) is 0. The van der Waals surface area contributed by atoms with Crippen LogP contribution >= 0.6 is 0 Å². The van der Waals surface area contributed by atoms with E-state index in [-0.39, 0.29) is 35.7 Å². The van der Waals surface area contributed by atoms with Gasteiger partial charge in [-0.3, -0.25) is 38.8 Å². The first kappa shape index (κ1) is 21.4. The fourth-order valence-corrected chi connectivity index (χ4v) is 5.97. The summed E-state index contributed by atoms with van der Waals surface area (Å²) in [4.78, 5) is 56.2. The van der Waals surface area contributed by atoms with Crippen molar-refractivity contribution in [3.05, 3.63) is 0 Å². The van der Waals surface area contributed by atoms with Crippen LogP contribution in [0.15, 0.2) is 0 Å². The second-order valence-electron chi connectivity index (χ2n) is 9.14. The molecule has 4 aliphatic rings. The summed E-state index contributed by atoms with van der Waals surface area (Å²) in [6.45, 7) is 8.17. The summed E-state index contributed by atoms with van der Waals surface area (Å²) in [6, 6.07) is -0.514. The first-order valence-corrected chi connectivity index (χ1v) is 11.6. The Balaban J connectivity index is 1.25. The molecule has 0 saturated carbocycles. The molecule has 8 nitrogen and oxygen atoms in total. The van der Waals surface area contributed by atoms with Crippen molar-refractivity contribution in [1.82, 2.24) is 19.6 Å². The number of imide groups is 2. The van der Waals surface area contributed by atoms with E-state index in [0.717, 1.165) is 51.9 Å². The molecular formula is C22H34N4O4. The van der Waals surface area contributed by atoms with Gasteiger partial charge in [0, 0.05) is 13.1 Å². The number of carbonyl (C=O) groups excluding carboxylic acids is 4. The zero-order valence-corrected chi connectivity index (χ0v) is 18.2. The Labute approximate surface area is 178 Å². The van der Waals surface area contributed by atoms with Crippen LogP contribution in [0.25, 0.3) is 0 Å². The van der Waals surface area contributed by atoms with Crippen LogP contribution in [0.2, 0.25) is 0 Å². The van der Waals surface area contributed by atoms with Crippen molar-refractivity contribution in [3.63, 3.8) is 0 Å². The molecule has 4 rings (SSSR count). The van der Waals surface area contributed by atoms with Crippen LogP contribution in [-0.2, 0) is 19.2 Å². The highest BCUT2D eigenvalue weighted by Gasteiger charge is 2.44. The molecule has 8 heteroatoms. The predicted molar refractivity (Wildman–Crippen MR) is 110 cm³/mol. The van der Waals surface area contributed by atoms with Gasteiger partial charge in [0.1, 0.15) is 0 Å². The quantitative estimate of drug-likeness (QED) is 0.612.